The topological polar surface area (TPSA) is 82.0 Å². The molecule has 0 radical (unpaired) electrons. The average Bonchev–Trinajstić information content (AvgIpc) is 2.72. The third-order valence-electron chi connectivity index (χ3n) is 4.20. The molecule has 0 heterocycles. The van der Waals surface area contributed by atoms with Gasteiger partial charge in [0.15, 0.2) is 0 Å². The zero-order valence-corrected chi connectivity index (χ0v) is 15.7. The molecule has 0 bridgehead atoms. The van der Waals surface area contributed by atoms with E-state index in [1.54, 1.807) is 60.7 Å². The van der Waals surface area contributed by atoms with E-state index in [1.165, 1.54) is 6.07 Å². The highest BCUT2D eigenvalue weighted by atomic mass is 35.5. The molecule has 0 aliphatic heterocycles. The van der Waals surface area contributed by atoms with E-state index in [-0.39, 0.29) is 5.91 Å². The van der Waals surface area contributed by atoms with E-state index in [4.69, 9.17) is 16.9 Å². The molecular formula is C22H16ClN3O2. The molecule has 0 aromatic heterocycles. The predicted molar refractivity (Wildman–Crippen MR) is 110 cm³/mol. The van der Waals surface area contributed by atoms with Gasteiger partial charge in [-0.25, -0.2) is 0 Å². The molecule has 0 fully saturated rings. The van der Waals surface area contributed by atoms with Gasteiger partial charge in [-0.1, -0.05) is 35.9 Å². The number of benzene rings is 3. The van der Waals surface area contributed by atoms with Crippen molar-refractivity contribution in [3.8, 4) is 6.07 Å². The summed E-state index contributed by atoms with van der Waals surface area (Å²) in [4.78, 5) is 25.1. The van der Waals surface area contributed by atoms with E-state index in [1.807, 2.05) is 13.0 Å². The van der Waals surface area contributed by atoms with Crippen LogP contribution in [-0.2, 0) is 0 Å². The summed E-state index contributed by atoms with van der Waals surface area (Å²) in [6, 6.07) is 20.4. The summed E-state index contributed by atoms with van der Waals surface area (Å²) < 4.78 is 0. The molecule has 0 saturated heterocycles. The molecule has 0 saturated carbocycles. The Bertz CT molecular complexity index is 1100. The number of amides is 2. The zero-order valence-electron chi connectivity index (χ0n) is 15.0. The highest BCUT2D eigenvalue weighted by Gasteiger charge is 2.13. The smallest absolute Gasteiger partial charge is 0.255 e. The molecule has 0 unspecified atom stereocenters. The largest absolute Gasteiger partial charge is 0.322 e. The second-order valence-corrected chi connectivity index (χ2v) is 6.47. The fourth-order valence-corrected chi connectivity index (χ4v) is 2.80. The molecule has 0 atom stereocenters. The van der Waals surface area contributed by atoms with Crippen LogP contribution in [-0.4, -0.2) is 11.8 Å². The fraction of sp³-hybridized carbons (Fsp3) is 0.0455. The molecule has 2 N–H and O–H groups in total. The van der Waals surface area contributed by atoms with Crippen molar-refractivity contribution in [2.24, 2.45) is 0 Å². The lowest BCUT2D eigenvalue weighted by molar-refractivity contribution is 0.102. The van der Waals surface area contributed by atoms with Gasteiger partial charge in [0.05, 0.1) is 11.3 Å². The van der Waals surface area contributed by atoms with Gasteiger partial charge in [-0.2, -0.15) is 5.26 Å². The standard InChI is InChI=1S/C22H16ClN3O2/c1-14-18(23)9-5-11-19(14)25-21(27)15-7-4-8-16(12-15)22(28)26-20-10-3-2-6-17(20)13-24/h2-12H,1H3,(H,25,27)(H,26,28). The number of halogens is 1. The molecular weight excluding hydrogens is 374 g/mol. The average molecular weight is 390 g/mol. The second kappa shape index (κ2) is 8.38. The monoisotopic (exact) mass is 389 g/mol. The first kappa shape index (κ1) is 19.2. The van der Waals surface area contributed by atoms with Crippen molar-refractivity contribution in [3.05, 3.63) is 94.0 Å². The number of nitriles is 1. The molecule has 6 heteroatoms. The molecule has 0 aliphatic rings. The van der Waals surface area contributed by atoms with Crippen LogP contribution in [0.2, 0.25) is 5.02 Å². The number of hydrogen-bond acceptors (Lipinski definition) is 3. The summed E-state index contributed by atoms with van der Waals surface area (Å²) in [7, 11) is 0. The van der Waals surface area contributed by atoms with Crippen LogP contribution in [0.15, 0.2) is 66.7 Å². The van der Waals surface area contributed by atoms with Gasteiger partial charge in [0.2, 0.25) is 0 Å². The number of nitrogens with one attached hydrogen (secondary N) is 2. The van der Waals surface area contributed by atoms with E-state index in [9.17, 15) is 9.59 Å². The van der Waals surface area contributed by atoms with Crippen molar-refractivity contribution in [2.75, 3.05) is 10.6 Å². The maximum atomic E-state index is 12.6. The first-order valence-corrected chi connectivity index (χ1v) is 8.84. The van der Waals surface area contributed by atoms with Crippen LogP contribution in [0.1, 0.15) is 31.8 Å². The Labute approximate surface area is 167 Å². The van der Waals surface area contributed by atoms with E-state index in [0.717, 1.165) is 5.56 Å². The van der Waals surface area contributed by atoms with Gasteiger partial charge in [0.25, 0.3) is 11.8 Å². The normalized spacial score (nSPS) is 10.0. The minimum Gasteiger partial charge on any atom is -0.322 e. The fourth-order valence-electron chi connectivity index (χ4n) is 2.62. The van der Waals surface area contributed by atoms with Gasteiger partial charge in [-0.05, 0) is 55.0 Å². The third kappa shape index (κ3) is 4.20. The number of rotatable bonds is 4. The highest BCUT2D eigenvalue weighted by molar-refractivity contribution is 6.31. The molecule has 3 aromatic rings. The van der Waals surface area contributed by atoms with Crippen LogP contribution in [0, 0.1) is 18.3 Å². The predicted octanol–water partition coefficient (Wildman–Crippen LogP) is 5.02. The van der Waals surface area contributed by atoms with Crippen molar-refractivity contribution in [2.45, 2.75) is 6.92 Å². The molecule has 5 nitrogen and oxygen atoms in total. The van der Waals surface area contributed by atoms with Gasteiger partial charge in [-0.3, -0.25) is 9.59 Å². The van der Waals surface area contributed by atoms with Crippen LogP contribution in [0.4, 0.5) is 11.4 Å². The van der Waals surface area contributed by atoms with Crippen LogP contribution >= 0.6 is 11.6 Å². The van der Waals surface area contributed by atoms with Gasteiger partial charge >= 0.3 is 0 Å². The molecule has 3 aromatic carbocycles. The number of para-hydroxylation sites is 1. The Morgan fingerprint density at radius 1 is 0.857 bits per heavy atom. The minimum atomic E-state index is -0.406. The van der Waals surface area contributed by atoms with Crippen LogP contribution in [0.3, 0.4) is 0 Å². The van der Waals surface area contributed by atoms with Crippen molar-refractivity contribution in [1.29, 1.82) is 5.26 Å². The van der Waals surface area contributed by atoms with Gasteiger partial charge in [0.1, 0.15) is 6.07 Å². The summed E-state index contributed by atoms with van der Waals surface area (Å²) in [5.41, 5.74) is 2.79. The summed E-state index contributed by atoms with van der Waals surface area (Å²) in [6.07, 6.45) is 0. The Balaban J connectivity index is 1.80. The maximum Gasteiger partial charge on any atom is 0.255 e. The van der Waals surface area contributed by atoms with E-state index < -0.39 is 5.91 Å². The number of nitrogens with zero attached hydrogens (tertiary/aromatic N) is 1. The van der Waals surface area contributed by atoms with Crippen LogP contribution in [0.5, 0.6) is 0 Å². The number of hydrogen-bond donors (Lipinski definition) is 2. The van der Waals surface area contributed by atoms with Crippen molar-refractivity contribution >= 4 is 34.8 Å². The third-order valence-corrected chi connectivity index (χ3v) is 4.61. The van der Waals surface area contributed by atoms with Crippen LogP contribution < -0.4 is 10.6 Å². The van der Waals surface area contributed by atoms with Gasteiger partial charge in [-0.15, -0.1) is 0 Å². The second-order valence-electron chi connectivity index (χ2n) is 6.06. The lowest BCUT2D eigenvalue weighted by Gasteiger charge is -2.11. The van der Waals surface area contributed by atoms with Crippen molar-refractivity contribution < 1.29 is 9.59 Å². The Hall–Kier alpha value is -3.62. The number of anilines is 2. The molecule has 28 heavy (non-hydrogen) atoms. The molecule has 2 amide bonds. The molecule has 3 rings (SSSR count). The summed E-state index contributed by atoms with van der Waals surface area (Å²) >= 11 is 6.08. The highest BCUT2D eigenvalue weighted by Crippen LogP contribution is 2.23. The Kier molecular flexibility index (Phi) is 5.73. The number of carbonyl (C=O) groups is 2. The van der Waals surface area contributed by atoms with E-state index in [2.05, 4.69) is 10.6 Å². The quantitative estimate of drug-likeness (QED) is 0.656. The first-order valence-electron chi connectivity index (χ1n) is 8.46. The number of carbonyl (C=O) groups excluding carboxylic acids is 2. The van der Waals surface area contributed by atoms with Crippen molar-refractivity contribution in [1.82, 2.24) is 0 Å². The summed E-state index contributed by atoms with van der Waals surface area (Å²) in [5, 5.41) is 15.2. The zero-order chi connectivity index (χ0) is 20.1. The Morgan fingerprint density at radius 3 is 2.11 bits per heavy atom. The Morgan fingerprint density at radius 2 is 1.43 bits per heavy atom. The maximum absolute atomic E-state index is 12.6. The first-order chi connectivity index (χ1) is 13.5. The molecule has 0 aliphatic carbocycles. The summed E-state index contributed by atoms with van der Waals surface area (Å²) in [6.45, 7) is 1.81. The lowest BCUT2D eigenvalue weighted by atomic mass is 10.1. The molecule has 138 valence electrons. The summed E-state index contributed by atoms with van der Waals surface area (Å²) in [5.74, 6) is -0.756. The SMILES string of the molecule is Cc1c(Cl)cccc1NC(=O)c1cccc(C(=O)Nc2ccccc2C#N)c1. The van der Waals surface area contributed by atoms with Gasteiger partial charge in [0, 0.05) is 21.8 Å². The lowest BCUT2D eigenvalue weighted by Crippen LogP contribution is -2.16. The van der Waals surface area contributed by atoms with Crippen molar-refractivity contribution in [3.63, 3.8) is 0 Å². The minimum absolute atomic E-state index is 0.309. The molecule has 0 spiro atoms. The van der Waals surface area contributed by atoms with Crippen LogP contribution in [0.25, 0.3) is 0 Å². The van der Waals surface area contributed by atoms with Gasteiger partial charge < -0.3 is 10.6 Å². The van der Waals surface area contributed by atoms with E-state index >= 15 is 0 Å². The van der Waals surface area contributed by atoms with E-state index in [0.29, 0.717) is 33.1 Å².